The second-order valence-corrected chi connectivity index (χ2v) is 8.36. The molecule has 1 aromatic heterocycles. The van der Waals surface area contributed by atoms with Gasteiger partial charge in [-0.25, -0.2) is 0 Å². The van der Waals surface area contributed by atoms with Crippen molar-refractivity contribution in [2.24, 2.45) is 17.3 Å². The van der Waals surface area contributed by atoms with Crippen LogP contribution in [0.25, 0.3) is 10.2 Å². The van der Waals surface area contributed by atoms with Crippen molar-refractivity contribution in [2.75, 3.05) is 4.90 Å². The summed E-state index contributed by atoms with van der Waals surface area (Å²) >= 11 is 1.64. The molecule has 0 bridgehead atoms. The summed E-state index contributed by atoms with van der Waals surface area (Å²) in [6, 6.07) is 37.4. The van der Waals surface area contributed by atoms with Crippen LogP contribution >= 0.6 is 11.3 Å². The Balaban J connectivity index is 1.43. The lowest BCUT2D eigenvalue weighted by Gasteiger charge is -2.25. The van der Waals surface area contributed by atoms with Crippen LogP contribution in [0.3, 0.4) is 0 Å². The molecule has 0 aliphatic rings. The summed E-state index contributed by atoms with van der Waals surface area (Å²) < 4.78 is 3.27. The Morgan fingerprint density at radius 2 is 1.25 bits per heavy atom. The monoisotopic (exact) mass is 434 g/mol. The molecule has 0 radical (unpaired) electrons. The first-order valence-electron chi connectivity index (χ1n) is 10.4. The van der Waals surface area contributed by atoms with E-state index in [1.165, 1.54) is 4.70 Å². The lowest BCUT2D eigenvalue weighted by molar-refractivity contribution is 0.889. The van der Waals surface area contributed by atoms with E-state index in [0.717, 1.165) is 32.9 Å². The minimum Gasteiger partial charge on any atom is -0.318 e. The third kappa shape index (κ3) is 4.11. The molecular weight excluding hydrogens is 412 g/mol. The van der Waals surface area contributed by atoms with Crippen molar-refractivity contribution in [1.82, 2.24) is 4.57 Å². The van der Waals surface area contributed by atoms with Crippen molar-refractivity contribution in [1.29, 1.82) is 0 Å². The fraction of sp³-hybridized carbons (Fsp3) is 0.0370. The molecule has 4 aromatic carbocycles. The number of fused-ring (bicyclic) bond motifs is 1. The fourth-order valence-electron chi connectivity index (χ4n) is 3.63. The van der Waals surface area contributed by atoms with Crippen LogP contribution in [-0.4, -0.2) is 10.8 Å². The van der Waals surface area contributed by atoms with Gasteiger partial charge in [0.25, 0.3) is 0 Å². The largest absolute Gasteiger partial charge is 0.318 e. The molecule has 5 rings (SSSR count). The Kier molecular flexibility index (Phi) is 5.64. The first-order valence-corrected chi connectivity index (χ1v) is 11.2. The number of aryl methyl sites for hydroxylation is 1. The highest BCUT2D eigenvalue weighted by atomic mass is 32.1. The number of rotatable bonds is 5. The van der Waals surface area contributed by atoms with Crippen molar-refractivity contribution in [3.05, 3.63) is 120 Å². The maximum Gasteiger partial charge on any atom is 0.211 e. The molecule has 5 aromatic rings. The van der Waals surface area contributed by atoms with Gasteiger partial charge in [-0.05, 0) is 54.1 Å². The van der Waals surface area contributed by atoms with Crippen LogP contribution in [-0.2, 0) is 7.05 Å². The Bertz CT molecular complexity index is 1380. The highest BCUT2D eigenvalue weighted by Gasteiger charge is 2.11. The Labute approximate surface area is 191 Å². The number of benzene rings is 4. The zero-order valence-corrected chi connectivity index (χ0v) is 18.5. The number of hydrogen-bond acceptors (Lipinski definition) is 4. The van der Waals surface area contributed by atoms with Crippen LogP contribution in [0, 0.1) is 0 Å². The van der Waals surface area contributed by atoms with Crippen LogP contribution in [0.1, 0.15) is 5.56 Å². The van der Waals surface area contributed by atoms with Gasteiger partial charge in [-0.3, -0.25) is 0 Å². The summed E-state index contributed by atoms with van der Waals surface area (Å²) in [6.45, 7) is 0. The van der Waals surface area contributed by atoms with E-state index >= 15 is 0 Å². The Morgan fingerprint density at radius 3 is 1.88 bits per heavy atom. The van der Waals surface area contributed by atoms with Crippen LogP contribution in [0.4, 0.5) is 17.1 Å². The molecule has 0 saturated heterocycles. The predicted octanol–water partition coefficient (Wildman–Crippen LogP) is 6.64. The molecule has 156 valence electrons. The second kappa shape index (κ2) is 9.04. The number of nitrogens with zero attached hydrogens (tertiary/aromatic N) is 4. The zero-order valence-electron chi connectivity index (χ0n) is 17.7. The molecule has 0 N–H and O–H groups in total. The molecule has 0 unspecified atom stereocenters. The summed E-state index contributed by atoms with van der Waals surface area (Å²) in [7, 11) is 2.02. The van der Waals surface area contributed by atoms with E-state index in [0.29, 0.717) is 0 Å². The maximum atomic E-state index is 4.43. The quantitative estimate of drug-likeness (QED) is 0.225. The topological polar surface area (TPSA) is 32.9 Å². The van der Waals surface area contributed by atoms with Gasteiger partial charge in [0.15, 0.2) is 0 Å². The number of aromatic nitrogens is 1. The SMILES string of the molecule is Cn1c(=NN=Cc2ccc(N(c3ccccc3)c3ccccc3)cc2)sc2ccccc21. The summed E-state index contributed by atoms with van der Waals surface area (Å²) in [4.78, 5) is 3.11. The normalized spacial score (nSPS) is 12.0. The fourth-order valence-corrected chi connectivity index (χ4v) is 4.61. The average Bonchev–Trinajstić information content (AvgIpc) is 3.17. The van der Waals surface area contributed by atoms with Crippen molar-refractivity contribution in [3.63, 3.8) is 0 Å². The highest BCUT2D eigenvalue weighted by Crippen LogP contribution is 2.33. The molecule has 0 aliphatic carbocycles. The van der Waals surface area contributed by atoms with E-state index in [9.17, 15) is 0 Å². The summed E-state index contributed by atoms with van der Waals surface area (Å²) in [5, 5.41) is 8.77. The minimum absolute atomic E-state index is 0.874. The number of hydrogen-bond donors (Lipinski definition) is 0. The van der Waals surface area contributed by atoms with E-state index in [4.69, 9.17) is 0 Å². The van der Waals surface area contributed by atoms with E-state index in [1.807, 2.05) is 31.3 Å². The Morgan fingerprint density at radius 1 is 0.688 bits per heavy atom. The third-order valence-electron chi connectivity index (χ3n) is 5.24. The van der Waals surface area contributed by atoms with Crippen LogP contribution in [0.5, 0.6) is 0 Å². The highest BCUT2D eigenvalue weighted by molar-refractivity contribution is 7.16. The molecule has 0 fully saturated rings. The molecule has 0 aliphatic heterocycles. The van der Waals surface area contributed by atoms with Crippen LogP contribution in [0.15, 0.2) is 119 Å². The molecular formula is C27H22N4S. The van der Waals surface area contributed by atoms with Gasteiger partial charge < -0.3 is 9.47 Å². The Hall–Kier alpha value is -3.96. The summed E-state index contributed by atoms with van der Waals surface area (Å²) in [6.07, 6.45) is 1.80. The molecule has 32 heavy (non-hydrogen) atoms. The van der Waals surface area contributed by atoms with Gasteiger partial charge in [0.1, 0.15) is 0 Å². The van der Waals surface area contributed by atoms with Crippen LogP contribution in [0.2, 0.25) is 0 Å². The molecule has 1 heterocycles. The minimum atomic E-state index is 0.874. The van der Waals surface area contributed by atoms with Crippen molar-refractivity contribution in [3.8, 4) is 0 Å². The molecule has 0 spiro atoms. The smallest absolute Gasteiger partial charge is 0.211 e. The van der Waals surface area contributed by atoms with Crippen molar-refractivity contribution < 1.29 is 0 Å². The molecule has 0 atom stereocenters. The van der Waals surface area contributed by atoms with Gasteiger partial charge in [-0.1, -0.05) is 72.0 Å². The van der Waals surface area contributed by atoms with Gasteiger partial charge in [0, 0.05) is 24.1 Å². The standard InChI is InChI=1S/C27H22N4S/c1-30-25-14-8-9-15-26(25)32-27(30)29-28-20-21-16-18-24(19-17-21)31(22-10-4-2-5-11-22)23-12-6-3-7-13-23/h2-20H,1H3. The molecule has 0 saturated carbocycles. The zero-order chi connectivity index (χ0) is 21.8. The van der Waals surface area contributed by atoms with E-state index in [1.54, 1.807) is 17.6 Å². The van der Waals surface area contributed by atoms with Gasteiger partial charge >= 0.3 is 0 Å². The third-order valence-corrected chi connectivity index (χ3v) is 6.35. The summed E-state index contributed by atoms with van der Waals surface area (Å²) in [5.41, 5.74) is 5.49. The molecule has 0 amide bonds. The number of para-hydroxylation sites is 3. The summed E-state index contributed by atoms with van der Waals surface area (Å²) in [5.74, 6) is 0. The lowest BCUT2D eigenvalue weighted by atomic mass is 10.1. The van der Waals surface area contributed by atoms with Crippen molar-refractivity contribution >= 4 is 44.8 Å². The van der Waals surface area contributed by atoms with E-state index in [-0.39, 0.29) is 0 Å². The molecule has 4 nitrogen and oxygen atoms in total. The number of thiazole rings is 1. The predicted molar refractivity (Wildman–Crippen MR) is 135 cm³/mol. The lowest BCUT2D eigenvalue weighted by Crippen LogP contribution is -2.09. The van der Waals surface area contributed by atoms with Crippen molar-refractivity contribution in [2.45, 2.75) is 0 Å². The van der Waals surface area contributed by atoms with Gasteiger partial charge in [0.05, 0.1) is 16.4 Å². The molecule has 5 heteroatoms. The van der Waals surface area contributed by atoms with Crippen LogP contribution < -0.4 is 9.70 Å². The average molecular weight is 435 g/mol. The van der Waals surface area contributed by atoms with Gasteiger partial charge in [-0.15, -0.1) is 5.10 Å². The number of anilines is 3. The van der Waals surface area contributed by atoms with Gasteiger partial charge in [-0.2, -0.15) is 5.10 Å². The maximum absolute atomic E-state index is 4.43. The first kappa shape index (κ1) is 20.0. The van der Waals surface area contributed by atoms with Gasteiger partial charge in [0.2, 0.25) is 4.80 Å². The van der Waals surface area contributed by atoms with E-state index in [2.05, 4.69) is 105 Å². The second-order valence-electron chi connectivity index (χ2n) is 7.35. The van der Waals surface area contributed by atoms with E-state index < -0.39 is 0 Å². The first-order chi connectivity index (χ1) is 15.8.